The Labute approximate surface area is 120 Å². The average Bonchev–Trinajstić information content (AvgIpc) is 2.94. The number of aliphatic carboxylic acids is 1. The van der Waals surface area contributed by atoms with Gasteiger partial charge in [0.2, 0.25) is 0 Å². The second kappa shape index (κ2) is 5.00. The van der Waals surface area contributed by atoms with Crippen LogP contribution in [0.1, 0.15) is 30.8 Å². The molecule has 19 heavy (non-hydrogen) atoms. The molecule has 0 bridgehead atoms. The van der Waals surface area contributed by atoms with E-state index < -0.39 is 11.4 Å². The summed E-state index contributed by atoms with van der Waals surface area (Å²) < 4.78 is 0.809. The predicted molar refractivity (Wildman–Crippen MR) is 73.9 cm³/mol. The smallest absolute Gasteiger partial charge is 0.311 e. The third kappa shape index (κ3) is 2.41. The number of carbonyl (C=O) groups excluding carboxylic acids is 1. The number of halogens is 1. The van der Waals surface area contributed by atoms with Crippen molar-refractivity contribution in [2.24, 2.45) is 11.3 Å². The second-order valence-corrected chi connectivity index (χ2v) is 6.24. The van der Waals surface area contributed by atoms with Gasteiger partial charge in [0.05, 0.1) is 5.41 Å². The Bertz CT molecular complexity index is 512. The Morgan fingerprint density at radius 1 is 1.53 bits per heavy atom. The zero-order valence-electron chi connectivity index (χ0n) is 10.9. The molecule has 1 aliphatic rings. The summed E-state index contributed by atoms with van der Waals surface area (Å²) in [6.45, 7) is 4.55. The molecule has 1 saturated heterocycles. The first-order chi connectivity index (χ1) is 8.86. The van der Waals surface area contributed by atoms with Gasteiger partial charge in [0, 0.05) is 23.8 Å². The first-order valence-electron chi connectivity index (χ1n) is 6.23. The summed E-state index contributed by atoms with van der Waals surface area (Å²) >= 11 is 3.28. The quantitative estimate of drug-likeness (QED) is 0.894. The number of aromatic amines is 1. The van der Waals surface area contributed by atoms with Crippen molar-refractivity contribution in [3.05, 3.63) is 22.4 Å². The molecule has 6 heteroatoms. The van der Waals surface area contributed by atoms with Crippen molar-refractivity contribution in [3.8, 4) is 0 Å². The molecule has 5 nitrogen and oxygen atoms in total. The molecule has 0 aromatic carbocycles. The predicted octanol–water partition coefficient (Wildman–Crippen LogP) is 2.35. The van der Waals surface area contributed by atoms with Gasteiger partial charge in [-0.3, -0.25) is 9.59 Å². The van der Waals surface area contributed by atoms with Gasteiger partial charge in [0.1, 0.15) is 5.69 Å². The van der Waals surface area contributed by atoms with Crippen LogP contribution in [0.2, 0.25) is 0 Å². The number of nitrogens with zero attached hydrogens (tertiary/aromatic N) is 1. The van der Waals surface area contributed by atoms with E-state index in [2.05, 4.69) is 20.9 Å². The molecule has 1 atom stereocenters. The van der Waals surface area contributed by atoms with Crippen LogP contribution in [0.15, 0.2) is 16.7 Å². The molecule has 0 saturated carbocycles. The summed E-state index contributed by atoms with van der Waals surface area (Å²) in [5.74, 6) is -0.960. The van der Waals surface area contributed by atoms with E-state index in [9.17, 15) is 14.7 Å². The lowest BCUT2D eigenvalue weighted by atomic mass is 9.76. The van der Waals surface area contributed by atoms with Crippen molar-refractivity contribution < 1.29 is 14.7 Å². The normalized spacial score (nSPS) is 23.1. The molecular weight excluding hydrogens is 312 g/mol. The molecule has 1 aliphatic heterocycles. The average molecular weight is 329 g/mol. The minimum Gasteiger partial charge on any atom is -0.481 e. The lowest BCUT2D eigenvalue weighted by molar-refractivity contribution is -0.150. The van der Waals surface area contributed by atoms with E-state index >= 15 is 0 Å². The van der Waals surface area contributed by atoms with Gasteiger partial charge in [0.15, 0.2) is 0 Å². The van der Waals surface area contributed by atoms with E-state index in [1.165, 1.54) is 0 Å². The van der Waals surface area contributed by atoms with E-state index in [0.717, 1.165) is 4.47 Å². The molecule has 2 N–H and O–H groups in total. The first kappa shape index (κ1) is 14.1. The number of nitrogens with one attached hydrogen (secondary N) is 1. The molecular formula is C13H17BrN2O3. The number of hydrogen-bond donors (Lipinski definition) is 2. The molecule has 1 unspecified atom stereocenters. The maximum absolute atomic E-state index is 12.3. The van der Waals surface area contributed by atoms with Crippen LogP contribution in [-0.2, 0) is 4.79 Å². The van der Waals surface area contributed by atoms with E-state index in [0.29, 0.717) is 18.7 Å². The molecule has 104 valence electrons. The zero-order valence-corrected chi connectivity index (χ0v) is 12.5. The highest BCUT2D eigenvalue weighted by molar-refractivity contribution is 9.10. The first-order valence-corrected chi connectivity index (χ1v) is 7.03. The van der Waals surface area contributed by atoms with Crippen LogP contribution >= 0.6 is 15.9 Å². The number of carbonyl (C=O) groups is 2. The molecule has 0 aliphatic carbocycles. The van der Waals surface area contributed by atoms with Crippen LogP contribution in [-0.4, -0.2) is 40.0 Å². The minimum atomic E-state index is -0.820. The molecule has 0 radical (unpaired) electrons. The third-order valence-corrected chi connectivity index (χ3v) is 4.46. The lowest BCUT2D eigenvalue weighted by Gasteiger charge is -2.28. The Morgan fingerprint density at radius 3 is 2.63 bits per heavy atom. The van der Waals surface area contributed by atoms with Crippen molar-refractivity contribution in [1.29, 1.82) is 0 Å². The van der Waals surface area contributed by atoms with Crippen LogP contribution in [0.5, 0.6) is 0 Å². The second-order valence-electron chi connectivity index (χ2n) is 5.32. The molecule has 1 aromatic rings. The fraction of sp³-hybridized carbons (Fsp3) is 0.538. The summed E-state index contributed by atoms with van der Waals surface area (Å²) in [7, 11) is 0. The lowest BCUT2D eigenvalue weighted by Crippen LogP contribution is -2.40. The number of aromatic nitrogens is 1. The fourth-order valence-corrected chi connectivity index (χ4v) is 2.90. The van der Waals surface area contributed by atoms with Crippen molar-refractivity contribution in [3.63, 3.8) is 0 Å². The Balaban J connectivity index is 2.18. The maximum atomic E-state index is 12.3. The van der Waals surface area contributed by atoms with Gasteiger partial charge in [-0.15, -0.1) is 0 Å². The number of carboxylic acid groups (broad SMARTS) is 1. The molecule has 0 spiro atoms. The maximum Gasteiger partial charge on any atom is 0.311 e. The SMILES string of the molecule is CC(C)C1(C(=O)O)CCN(C(=O)c2cc(Br)c[nH]2)C1. The van der Waals surface area contributed by atoms with Crippen molar-refractivity contribution >= 4 is 27.8 Å². The van der Waals surface area contributed by atoms with Gasteiger partial charge in [-0.2, -0.15) is 0 Å². The fourth-order valence-electron chi connectivity index (χ4n) is 2.56. The largest absolute Gasteiger partial charge is 0.481 e. The monoisotopic (exact) mass is 328 g/mol. The Morgan fingerprint density at radius 2 is 2.21 bits per heavy atom. The van der Waals surface area contributed by atoms with Gasteiger partial charge in [0.25, 0.3) is 5.91 Å². The van der Waals surface area contributed by atoms with Crippen LogP contribution in [0.3, 0.4) is 0 Å². The molecule has 1 amide bonds. The van der Waals surface area contributed by atoms with Gasteiger partial charge >= 0.3 is 5.97 Å². The summed E-state index contributed by atoms with van der Waals surface area (Å²) in [5, 5.41) is 9.46. The van der Waals surface area contributed by atoms with E-state index in [-0.39, 0.29) is 18.4 Å². The van der Waals surface area contributed by atoms with Crippen LogP contribution in [0.25, 0.3) is 0 Å². The topological polar surface area (TPSA) is 73.4 Å². The van der Waals surface area contributed by atoms with Crippen molar-refractivity contribution in [2.45, 2.75) is 20.3 Å². The van der Waals surface area contributed by atoms with Gasteiger partial charge in [-0.05, 0) is 34.3 Å². The van der Waals surface area contributed by atoms with Gasteiger partial charge in [-0.1, -0.05) is 13.8 Å². The van der Waals surface area contributed by atoms with E-state index in [1.807, 2.05) is 13.8 Å². The number of H-pyrrole nitrogens is 1. The molecule has 2 rings (SSSR count). The van der Waals surface area contributed by atoms with E-state index in [4.69, 9.17) is 0 Å². The highest BCUT2D eigenvalue weighted by atomic mass is 79.9. The van der Waals surface area contributed by atoms with Crippen LogP contribution in [0, 0.1) is 11.3 Å². The number of carboxylic acids is 1. The minimum absolute atomic E-state index is 0.00169. The molecule has 2 heterocycles. The van der Waals surface area contributed by atoms with E-state index in [1.54, 1.807) is 17.2 Å². The van der Waals surface area contributed by atoms with Gasteiger partial charge < -0.3 is 15.0 Å². The number of rotatable bonds is 3. The van der Waals surface area contributed by atoms with Crippen LogP contribution in [0.4, 0.5) is 0 Å². The number of likely N-dealkylation sites (tertiary alicyclic amines) is 1. The van der Waals surface area contributed by atoms with Crippen molar-refractivity contribution in [2.75, 3.05) is 13.1 Å². The third-order valence-electron chi connectivity index (χ3n) is 4.00. The van der Waals surface area contributed by atoms with Crippen LogP contribution < -0.4 is 0 Å². The number of hydrogen-bond acceptors (Lipinski definition) is 2. The Kier molecular flexibility index (Phi) is 3.71. The summed E-state index contributed by atoms with van der Waals surface area (Å²) in [5.41, 5.74) is -0.337. The summed E-state index contributed by atoms with van der Waals surface area (Å²) in [4.78, 5) is 28.3. The highest BCUT2D eigenvalue weighted by Gasteiger charge is 2.48. The summed E-state index contributed by atoms with van der Waals surface area (Å²) in [6.07, 6.45) is 2.20. The molecule has 1 aromatic heterocycles. The van der Waals surface area contributed by atoms with Crippen molar-refractivity contribution in [1.82, 2.24) is 9.88 Å². The van der Waals surface area contributed by atoms with Gasteiger partial charge in [-0.25, -0.2) is 0 Å². The standard InChI is InChI=1S/C13H17BrN2O3/c1-8(2)13(12(18)19)3-4-16(7-13)11(17)10-5-9(14)6-15-10/h5-6,8,15H,3-4,7H2,1-2H3,(H,18,19). The zero-order chi connectivity index (χ0) is 14.2. The molecule has 1 fully saturated rings. The highest BCUT2D eigenvalue weighted by Crippen LogP contribution is 2.38. The summed E-state index contributed by atoms with van der Waals surface area (Å²) in [6, 6.07) is 1.71. The number of amides is 1. The Hall–Kier alpha value is -1.30.